The van der Waals surface area contributed by atoms with E-state index in [0.717, 1.165) is 29.0 Å². The van der Waals surface area contributed by atoms with Crippen LogP contribution in [0.25, 0.3) is 11.1 Å². The molecule has 0 aliphatic carbocycles. The maximum atomic E-state index is 13.1. The van der Waals surface area contributed by atoms with E-state index in [1.807, 2.05) is 23.1 Å². The number of nitrogens with two attached hydrogens (primary N) is 1. The van der Waals surface area contributed by atoms with Crippen molar-refractivity contribution in [3.63, 3.8) is 0 Å². The van der Waals surface area contributed by atoms with E-state index in [4.69, 9.17) is 10.5 Å². The minimum absolute atomic E-state index is 0.214. The van der Waals surface area contributed by atoms with Crippen LogP contribution in [0.5, 0.6) is 5.75 Å². The van der Waals surface area contributed by atoms with Crippen molar-refractivity contribution in [3.05, 3.63) is 119 Å². The SMILES string of the molecule is NC(=O)C1c2ccc(OC(=O)c3ccccc3-c3ccc(C(F)(F)F)cc3)cc2CCN1Cc1ccccn1. The fourth-order valence-corrected chi connectivity index (χ4v) is 4.84. The number of halogens is 3. The van der Waals surface area contributed by atoms with Crippen LogP contribution < -0.4 is 10.5 Å². The number of esters is 1. The van der Waals surface area contributed by atoms with Gasteiger partial charge < -0.3 is 10.5 Å². The molecule has 3 aromatic carbocycles. The highest BCUT2D eigenvalue weighted by molar-refractivity contribution is 5.98. The van der Waals surface area contributed by atoms with Crippen molar-refractivity contribution in [2.45, 2.75) is 25.2 Å². The lowest BCUT2D eigenvalue weighted by molar-refractivity contribution is -0.137. The first-order valence-corrected chi connectivity index (χ1v) is 12.3. The number of pyridine rings is 1. The number of alkyl halides is 3. The number of carbonyl (C=O) groups is 2. The molecule has 2 N–H and O–H groups in total. The first-order chi connectivity index (χ1) is 18.7. The van der Waals surface area contributed by atoms with Crippen LogP contribution in [0, 0.1) is 0 Å². The van der Waals surface area contributed by atoms with Crippen molar-refractivity contribution >= 4 is 11.9 Å². The molecule has 6 nitrogen and oxygen atoms in total. The van der Waals surface area contributed by atoms with Gasteiger partial charge in [0.05, 0.1) is 16.8 Å². The van der Waals surface area contributed by atoms with Crippen molar-refractivity contribution in [2.24, 2.45) is 5.73 Å². The van der Waals surface area contributed by atoms with Gasteiger partial charge in [-0.3, -0.25) is 14.7 Å². The highest BCUT2D eigenvalue weighted by atomic mass is 19.4. The van der Waals surface area contributed by atoms with Crippen LogP contribution >= 0.6 is 0 Å². The zero-order chi connectivity index (χ0) is 27.6. The summed E-state index contributed by atoms with van der Waals surface area (Å²) in [5.41, 5.74) is 8.54. The molecular formula is C30H24F3N3O3. The van der Waals surface area contributed by atoms with Crippen LogP contribution in [0.2, 0.25) is 0 Å². The summed E-state index contributed by atoms with van der Waals surface area (Å²) in [4.78, 5) is 31.9. The van der Waals surface area contributed by atoms with E-state index in [0.29, 0.717) is 36.4 Å². The van der Waals surface area contributed by atoms with Crippen LogP contribution in [0.15, 0.2) is 91.1 Å². The quantitative estimate of drug-likeness (QED) is 0.260. The zero-order valence-electron chi connectivity index (χ0n) is 20.7. The summed E-state index contributed by atoms with van der Waals surface area (Å²) in [6.45, 7) is 1.02. The number of nitrogens with zero attached hydrogens (tertiary/aromatic N) is 2. The molecule has 2 heterocycles. The Kier molecular flexibility index (Phi) is 7.17. The minimum Gasteiger partial charge on any atom is -0.423 e. The summed E-state index contributed by atoms with van der Waals surface area (Å²) in [5.74, 6) is -0.839. The van der Waals surface area contributed by atoms with E-state index in [1.165, 1.54) is 12.1 Å². The van der Waals surface area contributed by atoms with E-state index >= 15 is 0 Å². The first kappa shape index (κ1) is 26.1. The normalized spacial score (nSPS) is 15.4. The predicted molar refractivity (Wildman–Crippen MR) is 139 cm³/mol. The fourth-order valence-electron chi connectivity index (χ4n) is 4.84. The van der Waals surface area contributed by atoms with Crippen molar-refractivity contribution in [2.75, 3.05) is 6.54 Å². The number of primary amides is 1. The number of hydrogen-bond acceptors (Lipinski definition) is 5. The van der Waals surface area contributed by atoms with E-state index in [-0.39, 0.29) is 5.56 Å². The maximum absolute atomic E-state index is 13.1. The van der Waals surface area contributed by atoms with Gasteiger partial charge in [-0.15, -0.1) is 0 Å². The van der Waals surface area contributed by atoms with Crippen molar-refractivity contribution in [3.8, 4) is 16.9 Å². The summed E-state index contributed by atoms with van der Waals surface area (Å²) >= 11 is 0. The highest BCUT2D eigenvalue weighted by Crippen LogP contribution is 2.34. The van der Waals surface area contributed by atoms with Crippen LogP contribution in [0.1, 0.15) is 38.8 Å². The molecule has 39 heavy (non-hydrogen) atoms. The fraction of sp³-hybridized carbons (Fsp3) is 0.167. The van der Waals surface area contributed by atoms with E-state index in [1.54, 1.807) is 48.7 Å². The number of aromatic nitrogens is 1. The van der Waals surface area contributed by atoms with Gasteiger partial charge in [-0.2, -0.15) is 13.2 Å². The Bertz CT molecular complexity index is 1510. The molecule has 0 fully saturated rings. The molecule has 198 valence electrons. The third-order valence-corrected chi connectivity index (χ3v) is 6.68. The predicted octanol–water partition coefficient (Wildman–Crippen LogP) is 5.57. The summed E-state index contributed by atoms with van der Waals surface area (Å²) < 4.78 is 44.6. The molecule has 1 amide bonds. The second kappa shape index (κ2) is 10.7. The number of benzene rings is 3. The molecule has 9 heteroatoms. The lowest BCUT2D eigenvalue weighted by Gasteiger charge is -2.35. The molecule has 0 spiro atoms. The second-order valence-corrected chi connectivity index (χ2v) is 9.22. The van der Waals surface area contributed by atoms with Gasteiger partial charge in [0.2, 0.25) is 5.91 Å². The molecule has 0 radical (unpaired) electrons. The summed E-state index contributed by atoms with van der Waals surface area (Å²) in [5, 5.41) is 0. The molecule has 1 unspecified atom stereocenters. The molecule has 1 aliphatic rings. The second-order valence-electron chi connectivity index (χ2n) is 9.22. The van der Waals surface area contributed by atoms with Gasteiger partial charge in [-0.25, -0.2) is 4.79 Å². The molecular weight excluding hydrogens is 507 g/mol. The van der Waals surface area contributed by atoms with Crippen LogP contribution in [0.4, 0.5) is 13.2 Å². The van der Waals surface area contributed by atoms with Gasteiger partial charge in [-0.05, 0) is 71.1 Å². The smallest absolute Gasteiger partial charge is 0.416 e. The van der Waals surface area contributed by atoms with Gasteiger partial charge in [-0.1, -0.05) is 42.5 Å². The summed E-state index contributed by atoms with van der Waals surface area (Å²) in [6.07, 6.45) is -2.14. The molecule has 0 saturated carbocycles. The third-order valence-electron chi connectivity index (χ3n) is 6.68. The standard InChI is InChI=1S/C30H24F3N3O3/c31-30(32,33)21-10-8-19(9-11-21)24-6-1-2-7-26(24)29(38)39-23-12-13-25-20(17-23)14-16-36(27(25)28(34)37)18-22-5-3-4-15-35-22/h1-13,15,17,27H,14,16,18H2,(H2,34,37). The molecule has 5 rings (SSSR count). The minimum atomic E-state index is -4.45. The van der Waals surface area contributed by atoms with E-state index < -0.39 is 29.7 Å². The summed E-state index contributed by atoms with van der Waals surface area (Å²) in [7, 11) is 0. The van der Waals surface area contributed by atoms with Gasteiger partial charge in [0, 0.05) is 19.3 Å². The van der Waals surface area contributed by atoms with Crippen molar-refractivity contribution < 1.29 is 27.5 Å². The molecule has 1 aliphatic heterocycles. The van der Waals surface area contributed by atoms with E-state index in [2.05, 4.69) is 4.98 Å². The molecule has 1 atom stereocenters. The first-order valence-electron chi connectivity index (χ1n) is 12.3. The van der Waals surface area contributed by atoms with Crippen molar-refractivity contribution in [1.82, 2.24) is 9.88 Å². The maximum Gasteiger partial charge on any atom is 0.416 e. The number of ether oxygens (including phenoxy) is 1. The number of fused-ring (bicyclic) bond motifs is 1. The summed E-state index contributed by atoms with van der Waals surface area (Å²) in [6, 6.07) is 21.2. The highest BCUT2D eigenvalue weighted by Gasteiger charge is 2.32. The van der Waals surface area contributed by atoms with Crippen molar-refractivity contribution in [1.29, 1.82) is 0 Å². The number of rotatable bonds is 6. The molecule has 0 saturated heterocycles. The molecule has 0 bridgehead atoms. The Morgan fingerprint density at radius 3 is 2.41 bits per heavy atom. The Morgan fingerprint density at radius 2 is 1.72 bits per heavy atom. The average molecular weight is 532 g/mol. The zero-order valence-corrected chi connectivity index (χ0v) is 20.7. The van der Waals surface area contributed by atoms with Crippen LogP contribution in [-0.2, 0) is 23.9 Å². The third kappa shape index (κ3) is 5.68. The number of carbonyl (C=O) groups excluding carboxylic acids is 2. The largest absolute Gasteiger partial charge is 0.423 e. The number of hydrogen-bond donors (Lipinski definition) is 1. The van der Waals surface area contributed by atoms with Gasteiger partial charge in [0.15, 0.2) is 0 Å². The molecule has 4 aromatic rings. The lowest BCUT2D eigenvalue weighted by Crippen LogP contribution is -2.42. The van der Waals surface area contributed by atoms with Gasteiger partial charge >= 0.3 is 12.1 Å². The van der Waals surface area contributed by atoms with Crippen LogP contribution in [-0.4, -0.2) is 28.3 Å². The Balaban J connectivity index is 1.37. The van der Waals surface area contributed by atoms with Gasteiger partial charge in [0.25, 0.3) is 0 Å². The lowest BCUT2D eigenvalue weighted by atomic mass is 9.91. The number of amides is 1. The Labute approximate surface area is 222 Å². The van der Waals surface area contributed by atoms with E-state index in [9.17, 15) is 22.8 Å². The Hall–Kier alpha value is -4.50. The average Bonchev–Trinajstić information content (AvgIpc) is 2.93. The van der Waals surface area contributed by atoms with Crippen LogP contribution in [0.3, 0.4) is 0 Å². The monoisotopic (exact) mass is 531 g/mol. The van der Waals surface area contributed by atoms with Gasteiger partial charge in [0.1, 0.15) is 11.8 Å². The Morgan fingerprint density at radius 1 is 0.974 bits per heavy atom. The molecule has 1 aromatic heterocycles. The topological polar surface area (TPSA) is 85.5 Å².